The number of hydrogen-bond acceptors (Lipinski definition) is 28. The van der Waals surface area contributed by atoms with Crippen LogP contribution in [-0.4, -0.2) is 295 Å². The van der Waals surface area contributed by atoms with E-state index < -0.39 is 113 Å². The lowest BCUT2D eigenvalue weighted by molar-refractivity contribution is -0.265. The number of cyclic esters (lactones) is 1. The number of nitrogens with one attached hydrogen (secondary N) is 2. The van der Waals surface area contributed by atoms with Crippen LogP contribution in [0.1, 0.15) is 153 Å². The van der Waals surface area contributed by atoms with Crippen molar-refractivity contribution in [2.45, 2.75) is 210 Å². The van der Waals surface area contributed by atoms with Crippen molar-refractivity contribution in [3.8, 4) is 16.9 Å². The lowest BCUT2D eigenvalue weighted by Gasteiger charge is -2.42. The number of ketones is 2. The molecule has 2 bridgehead atoms. The number of aryl methyl sites for hydroxylation is 1. The molecule has 1 saturated carbocycles. The number of piperidine rings is 1. The molecule has 1 unspecified atom stereocenters. The minimum atomic E-state index is -2.46. The highest BCUT2D eigenvalue weighted by Gasteiger charge is 2.53. The van der Waals surface area contributed by atoms with E-state index in [0.29, 0.717) is 204 Å². The number of hydrogen-bond donors (Lipinski definition) is 7. The number of amides is 4. The van der Waals surface area contributed by atoms with Crippen LogP contribution in [0.2, 0.25) is 0 Å². The summed E-state index contributed by atoms with van der Waals surface area (Å²) in [5, 5.41) is 40.2. The van der Waals surface area contributed by atoms with Gasteiger partial charge in [-0.15, -0.1) is 0 Å². The average Bonchev–Trinajstić information content (AvgIpc) is 0.855. The van der Waals surface area contributed by atoms with Crippen molar-refractivity contribution in [3.63, 3.8) is 0 Å². The number of aliphatic hydroxyl groups excluding tert-OH is 2. The predicted molar refractivity (Wildman–Crippen MR) is 472 cm³/mol. The molecule has 8 rings (SSSR count). The van der Waals surface area contributed by atoms with E-state index in [2.05, 4.69) is 15.6 Å². The van der Waals surface area contributed by atoms with Crippen molar-refractivity contribution in [1.29, 1.82) is 0 Å². The third-order valence-electron chi connectivity index (χ3n) is 23.6. The summed E-state index contributed by atoms with van der Waals surface area (Å²) in [5.41, 5.74) is 18.1. The zero-order valence-corrected chi connectivity index (χ0v) is 76.0. The summed E-state index contributed by atoms with van der Waals surface area (Å²) >= 11 is -1.40. The normalized spacial score (nSPS) is 27.2. The number of rotatable bonds is 39. The van der Waals surface area contributed by atoms with E-state index in [1.165, 1.54) is 4.90 Å². The average molecular weight is 1790 g/mol. The minimum Gasteiger partial charge on any atom is -0.611 e. The maximum Gasteiger partial charge on any atom is 0.407 e. The topological polar surface area (TPSA) is 428 Å². The summed E-state index contributed by atoms with van der Waals surface area (Å²) in [7, 11) is 3.12. The van der Waals surface area contributed by atoms with Gasteiger partial charge in [0.1, 0.15) is 54.4 Å². The van der Waals surface area contributed by atoms with E-state index in [0.717, 1.165) is 28.0 Å². The summed E-state index contributed by atoms with van der Waals surface area (Å²) in [6, 6.07) is 12.8. The van der Waals surface area contributed by atoms with Crippen LogP contribution in [-0.2, 0) is 103 Å². The number of Topliss-reactive ketones (excluding diaryl/α,β-unsaturated/α-hetero) is 2. The first kappa shape index (κ1) is 104. The molecule has 5 aliphatic rings. The number of methoxy groups -OCH3 is 2. The Bertz CT molecular complexity index is 3990. The molecule has 16 atom stereocenters. The van der Waals surface area contributed by atoms with E-state index in [1.54, 1.807) is 76.4 Å². The van der Waals surface area contributed by atoms with Gasteiger partial charge < -0.3 is 118 Å². The summed E-state index contributed by atoms with van der Waals surface area (Å²) in [5.74, 6) is -6.52. The molecule has 2 saturated heterocycles. The fraction of sp³-hybridized carbons (Fsp3) is 0.656. The third-order valence-corrected chi connectivity index (χ3v) is 25.0. The van der Waals surface area contributed by atoms with Gasteiger partial charge >= 0.3 is 12.1 Å². The second kappa shape index (κ2) is 55.4. The first-order valence-corrected chi connectivity index (χ1v) is 46.0. The lowest BCUT2D eigenvalue weighted by atomic mass is 9.80. The molecule has 1 aromatic heterocycles. The zero-order valence-electron chi connectivity index (χ0n) is 75.1. The third kappa shape index (κ3) is 34.0. The van der Waals surface area contributed by atoms with Gasteiger partial charge in [0.05, 0.1) is 137 Å². The summed E-state index contributed by atoms with van der Waals surface area (Å²) in [4.78, 5) is 104. The van der Waals surface area contributed by atoms with Crippen LogP contribution in [0.5, 0.6) is 5.75 Å². The van der Waals surface area contributed by atoms with Gasteiger partial charge in [-0.2, -0.15) is 0 Å². The quantitative estimate of drug-likeness (QED) is 0.00929. The number of carbonyl (C=O) groups is 7. The fourth-order valence-corrected chi connectivity index (χ4v) is 17.2. The van der Waals surface area contributed by atoms with Crippen LogP contribution in [0.15, 0.2) is 107 Å². The monoisotopic (exact) mass is 1790 g/mol. The van der Waals surface area contributed by atoms with Gasteiger partial charge in [-0.05, 0) is 191 Å². The maximum absolute atomic E-state index is 14.7. The Morgan fingerprint density at radius 2 is 1.33 bits per heavy atom. The van der Waals surface area contributed by atoms with E-state index in [9.17, 15) is 53.4 Å². The first-order valence-electron chi connectivity index (χ1n) is 44.6. The Morgan fingerprint density at radius 1 is 0.675 bits per heavy atom. The SMILES string of the molecule is CO[C@H]1C[C@@H]2CC[C@@H](C)[C@@](O)(O2)C(=O)C(=O)N2CCCC[C@H]2C(=O)O[C@H]([C@H](N)C[C@@H]2CC[C@@H](OC(=O)NCCOCCOCCOCCOCCOCCOCCOCCOCCC(=O)NCC[S+]([O-])c3ccc(C(=O)N4CCOc5ccc(-c6ccc(N)nc6)cc5C4)c(C)c3)[C@H](OC)C2)CC[C@H](C)/C=C(\C)[C@@H](O)[C@@H](O)C(=O)[C@H](C)C[C@H](C)/C=C/C=C/C=C/1C. The Balaban J connectivity index is 0.630. The van der Waals surface area contributed by atoms with Crippen molar-refractivity contribution in [1.82, 2.24) is 25.4 Å². The standard InChI is InChI=1S/C93H139N7O25S/c1-62-15-11-10-12-16-64(3)81(112-8)59-73-23-19-68(7)93(110,125-73)88(105)90(107)100-33-14-13-17-77(100)91(108)123-79(26-18-63(2)54-67(6)86(103)87(104)85(102)66(5)53-62)76(94)56-69-20-27-80(82(57-69)113-9)124-92(109)97-31-36-115-39-41-117-43-45-119-47-49-121-51-50-120-48-46-118-44-42-116-40-38-114-35-30-84(101)96-32-52-126(111)74-24-25-75(65(4)55-74)89(106)99-34-37-122-78-28-21-70(58-72(78)61-99)71-22-29-83(95)98-60-71/h10-12,15-16,21-22,24-25,28-29,54-55,58,60,62-63,66,68-69,73,76-77,79-82,86-87,103-104,110H,13-14,17-20,23,26-27,30-53,56-57,59,61,94H2,1-9H3,(H2,95,98)(H,96,101)(H,97,109)/b12-10+,15-11+,64-16+,67-54+/t62-,63+,66-,68-,69+,73+,76-,77+,79+,80-,81+,82-,86-,87+,93-,126?/m1/s1. The van der Waals surface area contributed by atoms with Crippen molar-refractivity contribution in [2.24, 2.45) is 35.3 Å². The number of anilines is 1. The molecule has 0 spiro atoms. The summed E-state index contributed by atoms with van der Waals surface area (Å²) in [6.07, 6.45) is 11.7. The second-order valence-corrected chi connectivity index (χ2v) is 34.9. The maximum atomic E-state index is 14.7. The number of aliphatic hydroxyl groups is 3. The predicted octanol–water partition coefficient (Wildman–Crippen LogP) is 8.21. The molecule has 1 aliphatic carbocycles. The van der Waals surface area contributed by atoms with Crippen LogP contribution in [0.4, 0.5) is 10.6 Å². The fourth-order valence-electron chi connectivity index (χ4n) is 16.2. The number of carbonyl (C=O) groups excluding carboxylic acids is 7. The molecular formula is C93H139N7O25S. The molecular weight excluding hydrogens is 1650 g/mol. The first-order chi connectivity index (χ1) is 60.7. The molecule has 3 fully saturated rings. The number of ether oxygens (including phenoxy) is 14. The Hall–Kier alpha value is -7.65. The van der Waals surface area contributed by atoms with E-state index in [-0.39, 0.29) is 93.9 Å². The molecule has 5 heterocycles. The largest absolute Gasteiger partial charge is 0.611 e. The number of esters is 1. The molecule has 4 aliphatic heterocycles. The van der Waals surface area contributed by atoms with Crippen molar-refractivity contribution < 1.29 is 120 Å². The number of nitrogens with two attached hydrogens (primary N) is 2. The summed E-state index contributed by atoms with van der Waals surface area (Å²) in [6.45, 7) is 19.7. The second-order valence-electron chi connectivity index (χ2n) is 33.4. The van der Waals surface area contributed by atoms with Gasteiger partial charge in [0, 0.05) is 87.5 Å². The van der Waals surface area contributed by atoms with Crippen molar-refractivity contribution in [2.75, 3.05) is 164 Å². The molecule has 4 amide bonds. The van der Waals surface area contributed by atoms with Crippen LogP contribution >= 0.6 is 0 Å². The smallest absolute Gasteiger partial charge is 0.407 e. The number of fused-ring (bicyclic) bond motifs is 4. The van der Waals surface area contributed by atoms with Crippen molar-refractivity contribution in [3.05, 3.63) is 119 Å². The molecule has 3 aromatic rings. The Labute approximate surface area is 745 Å². The van der Waals surface area contributed by atoms with Gasteiger partial charge in [-0.3, -0.25) is 24.0 Å². The molecule has 33 heteroatoms. The van der Waals surface area contributed by atoms with Gasteiger partial charge in [0.15, 0.2) is 10.7 Å². The molecule has 32 nitrogen and oxygen atoms in total. The highest BCUT2D eigenvalue weighted by molar-refractivity contribution is 7.91. The Kier molecular flexibility index (Phi) is 45.6. The number of allylic oxidation sites excluding steroid dienone is 6. The number of benzene rings is 2. The molecule has 2 aromatic carbocycles. The van der Waals surface area contributed by atoms with Crippen molar-refractivity contribution >= 4 is 58.3 Å². The number of aromatic nitrogens is 1. The van der Waals surface area contributed by atoms with Crippen LogP contribution < -0.4 is 26.8 Å². The van der Waals surface area contributed by atoms with E-state index >= 15 is 0 Å². The van der Waals surface area contributed by atoms with Gasteiger partial charge in [0.25, 0.3) is 17.6 Å². The van der Waals surface area contributed by atoms with Gasteiger partial charge in [-0.1, -0.05) is 70.2 Å². The molecule has 0 radical (unpaired) electrons. The number of pyridine rings is 1. The number of nitrogens with zero attached hydrogens (tertiary/aromatic N) is 3. The molecule has 126 heavy (non-hydrogen) atoms. The number of alkyl carbamates (subject to hydrolysis) is 1. The Morgan fingerprint density at radius 3 is 1.98 bits per heavy atom. The highest BCUT2D eigenvalue weighted by Crippen LogP contribution is 2.39. The van der Waals surface area contributed by atoms with E-state index in [4.69, 9.17) is 77.8 Å². The van der Waals surface area contributed by atoms with Gasteiger partial charge in [-0.25, -0.2) is 14.6 Å². The zero-order chi connectivity index (χ0) is 90.9. The van der Waals surface area contributed by atoms with Crippen LogP contribution in [0, 0.1) is 36.5 Å². The molecule has 9 N–H and O–H groups in total. The van der Waals surface area contributed by atoms with Crippen LogP contribution in [0.25, 0.3) is 11.1 Å². The van der Waals surface area contributed by atoms with E-state index in [1.807, 2.05) is 82.3 Å². The minimum absolute atomic E-state index is 0.0386. The van der Waals surface area contributed by atoms with Crippen LogP contribution in [0.3, 0.4) is 0 Å². The summed E-state index contributed by atoms with van der Waals surface area (Å²) < 4.78 is 94.1. The molecule has 702 valence electrons. The number of nitrogen functional groups attached to an aromatic ring is 1. The highest BCUT2D eigenvalue weighted by atomic mass is 32.2. The van der Waals surface area contributed by atoms with Gasteiger partial charge in [0.2, 0.25) is 11.7 Å². The lowest BCUT2D eigenvalue weighted by Crippen LogP contribution is -2.61.